The average Bonchev–Trinajstić information content (AvgIpc) is 2.43. The minimum atomic E-state index is -0.888. The van der Waals surface area contributed by atoms with E-state index in [0.29, 0.717) is 13.0 Å². The molecule has 1 saturated heterocycles. The lowest BCUT2D eigenvalue weighted by molar-refractivity contribution is -0.137. The van der Waals surface area contributed by atoms with Crippen LogP contribution in [0.3, 0.4) is 0 Å². The first-order chi connectivity index (χ1) is 9.90. The molecule has 0 spiro atoms. The molecule has 1 N–H and O–H groups in total. The van der Waals surface area contributed by atoms with Crippen molar-refractivity contribution in [2.75, 3.05) is 11.5 Å². The number of carbonyl (C=O) groups is 2. The molecule has 2 rings (SSSR count). The summed E-state index contributed by atoms with van der Waals surface area (Å²) in [5.41, 5.74) is -0.167. The van der Waals surface area contributed by atoms with Gasteiger partial charge in [-0.25, -0.2) is 0 Å². The third-order valence-electron chi connectivity index (χ3n) is 3.62. The minimum Gasteiger partial charge on any atom is -0.494 e. The van der Waals surface area contributed by atoms with Gasteiger partial charge in [-0.1, -0.05) is 6.92 Å². The zero-order valence-corrected chi connectivity index (χ0v) is 13.0. The highest BCUT2D eigenvalue weighted by atomic mass is 16.5. The number of hydrogen-bond acceptors (Lipinski definition) is 3. The van der Waals surface area contributed by atoms with Gasteiger partial charge >= 0.3 is 0 Å². The third kappa shape index (κ3) is 2.86. The number of anilines is 1. The monoisotopic (exact) mass is 290 g/mol. The number of carbonyl (C=O) groups excluding carboxylic acids is 2. The molecular weight excluding hydrogens is 268 g/mol. The van der Waals surface area contributed by atoms with Crippen LogP contribution in [0.25, 0.3) is 0 Å². The molecule has 21 heavy (non-hydrogen) atoms. The topological polar surface area (TPSA) is 58.6 Å². The lowest BCUT2D eigenvalue weighted by atomic mass is 9.95. The quantitative estimate of drug-likeness (QED) is 0.924. The third-order valence-corrected chi connectivity index (χ3v) is 3.62. The zero-order chi connectivity index (χ0) is 15.6. The highest BCUT2D eigenvalue weighted by Crippen LogP contribution is 2.28. The van der Waals surface area contributed by atoms with Crippen molar-refractivity contribution >= 4 is 17.5 Å². The lowest BCUT2D eigenvalue weighted by Crippen LogP contribution is -2.68. The first-order valence-corrected chi connectivity index (χ1v) is 7.29. The number of hydrogen-bond donors (Lipinski definition) is 1. The van der Waals surface area contributed by atoms with Crippen molar-refractivity contribution < 1.29 is 14.3 Å². The summed E-state index contributed by atoms with van der Waals surface area (Å²) in [4.78, 5) is 26.5. The van der Waals surface area contributed by atoms with Crippen LogP contribution in [-0.2, 0) is 9.59 Å². The van der Waals surface area contributed by atoms with E-state index in [1.54, 1.807) is 18.7 Å². The maximum atomic E-state index is 12.7. The molecule has 114 valence electrons. The molecule has 1 heterocycles. The van der Waals surface area contributed by atoms with E-state index in [-0.39, 0.29) is 11.8 Å². The van der Waals surface area contributed by atoms with Gasteiger partial charge in [-0.15, -0.1) is 0 Å². The standard InChI is InChI=1S/C16H22N2O3/c1-5-13-14(19)17-16(3,4)15(20)18(13)11-7-9-12(10-8-11)21-6-2/h7-10,13H,5-6H2,1-4H3,(H,17,19). The lowest BCUT2D eigenvalue weighted by Gasteiger charge is -2.42. The van der Waals surface area contributed by atoms with E-state index in [1.807, 2.05) is 38.1 Å². The van der Waals surface area contributed by atoms with Crippen molar-refractivity contribution in [3.05, 3.63) is 24.3 Å². The van der Waals surface area contributed by atoms with Crippen molar-refractivity contribution in [2.45, 2.75) is 45.7 Å². The Balaban J connectivity index is 2.37. The number of rotatable bonds is 4. The van der Waals surface area contributed by atoms with E-state index in [2.05, 4.69) is 5.32 Å². The van der Waals surface area contributed by atoms with Crippen molar-refractivity contribution in [3.63, 3.8) is 0 Å². The van der Waals surface area contributed by atoms with Crippen LogP contribution in [0.15, 0.2) is 24.3 Å². The van der Waals surface area contributed by atoms with Gasteiger partial charge < -0.3 is 10.1 Å². The summed E-state index contributed by atoms with van der Waals surface area (Å²) in [5, 5.41) is 2.78. The van der Waals surface area contributed by atoms with Gasteiger partial charge in [0.05, 0.1) is 6.61 Å². The van der Waals surface area contributed by atoms with Crippen molar-refractivity contribution in [1.82, 2.24) is 5.32 Å². The fourth-order valence-corrected chi connectivity index (χ4v) is 2.54. The van der Waals surface area contributed by atoms with Gasteiger partial charge in [0.15, 0.2) is 0 Å². The van der Waals surface area contributed by atoms with E-state index in [1.165, 1.54) is 0 Å². The molecule has 2 amide bonds. The molecular formula is C16H22N2O3. The fraction of sp³-hybridized carbons (Fsp3) is 0.500. The molecule has 0 radical (unpaired) electrons. The highest BCUT2D eigenvalue weighted by Gasteiger charge is 2.45. The Bertz CT molecular complexity index is 537. The number of nitrogens with one attached hydrogen (secondary N) is 1. The first kappa shape index (κ1) is 15.4. The summed E-state index contributed by atoms with van der Waals surface area (Å²) >= 11 is 0. The number of nitrogens with zero attached hydrogens (tertiary/aromatic N) is 1. The van der Waals surface area contributed by atoms with Crippen LogP contribution in [0, 0.1) is 0 Å². The molecule has 5 nitrogen and oxygen atoms in total. The summed E-state index contributed by atoms with van der Waals surface area (Å²) in [6, 6.07) is 6.81. The molecule has 5 heteroatoms. The molecule has 0 aromatic heterocycles. The molecule has 0 saturated carbocycles. The number of amides is 2. The molecule has 1 aliphatic rings. The van der Waals surface area contributed by atoms with Crippen LogP contribution < -0.4 is 15.0 Å². The molecule has 1 aliphatic heterocycles. The van der Waals surface area contributed by atoms with Gasteiger partial charge in [0, 0.05) is 5.69 Å². The van der Waals surface area contributed by atoms with E-state index in [4.69, 9.17) is 4.74 Å². The number of benzene rings is 1. The molecule has 0 bridgehead atoms. The Kier molecular flexibility index (Phi) is 4.21. The molecule has 1 aromatic carbocycles. The maximum absolute atomic E-state index is 12.7. The molecule has 1 aromatic rings. The van der Waals surface area contributed by atoms with Crippen LogP contribution in [0.1, 0.15) is 34.1 Å². The fourth-order valence-electron chi connectivity index (χ4n) is 2.54. The van der Waals surface area contributed by atoms with E-state index in [9.17, 15) is 9.59 Å². The second kappa shape index (κ2) is 5.76. The number of ether oxygens (including phenoxy) is 1. The molecule has 0 aliphatic carbocycles. The second-order valence-electron chi connectivity index (χ2n) is 5.64. The normalized spacial score (nSPS) is 21.1. The Morgan fingerprint density at radius 3 is 2.33 bits per heavy atom. The minimum absolute atomic E-state index is 0.0990. The largest absolute Gasteiger partial charge is 0.494 e. The van der Waals surface area contributed by atoms with Gasteiger partial charge in [-0.3, -0.25) is 14.5 Å². The van der Waals surface area contributed by atoms with E-state index in [0.717, 1.165) is 11.4 Å². The smallest absolute Gasteiger partial charge is 0.252 e. The summed E-state index contributed by atoms with van der Waals surface area (Å²) in [6.45, 7) is 7.86. The molecule has 1 fully saturated rings. The van der Waals surface area contributed by atoms with Crippen LogP contribution in [0.2, 0.25) is 0 Å². The predicted octanol–water partition coefficient (Wildman–Crippen LogP) is 2.11. The Morgan fingerprint density at radius 2 is 1.81 bits per heavy atom. The Hall–Kier alpha value is -2.04. The summed E-state index contributed by atoms with van der Waals surface area (Å²) in [5.74, 6) is 0.538. The van der Waals surface area contributed by atoms with Crippen LogP contribution >= 0.6 is 0 Å². The maximum Gasteiger partial charge on any atom is 0.252 e. The first-order valence-electron chi connectivity index (χ1n) is 7.29. The van der Waals surface area contributed by atoms with Crippen molar-refractivity contribution in [2.24, 2.45) is 0 Å². The zero-order valence-electron chi connectivity index (χ0n) is 13.0. The highest BCUT2D eigenvalue weighted by molar-refractivity contribution is 6.10. The second-order valence-corrected chi connectivity index (χ2v) is 5.64. The predicted molar refractivity (Wildman–Crippen MR) is 81.4 cm³/mol. The van der Waals surface area contributed by atoms with Crippen molar-refractivity contribution in [1.29, 1.82) is 0 Å². The van der Waals surface area contributed by atoms with Gasteiger partial charge in [0.2, 0.25) is 5.91 Å². The van der Waals surface area contributed by atoms with E-state index < -0.39 is 11.6 Å². The molecule has 1 unspecified atom stereocenters. The van der Waals surface area contributed by atoms with Gasteiger partial charge in [0.1, 0.15) is 17.3 Å². The van der Waals surface area contributed by atoms with Crippen LogP contribution in [0.4, 0.5) is 5.69 Å². The van der Waals surface area contributed by atoms with Gasteiger partial charge in [-0.2, -0.15) is 0 Å². The van der Waals surface area contributed by atoms with Gasteiger partial charge in [0.25, 0.3) is 5.91 Å². The Labute approximate surface area is 125 Å². The average molecular weight is 290 g/mol. The SMILES string of the molecule is CCOc1ccc(N2C(=O)C(C)(C)NC(=O)C2CC)cc1. The Morgan fingerprint density at radius 1 is 1.19 bits per heavy atom. The summed E-state index contributed by atoms with van der Waals surface area (Å²) < 4.78 is 5.41. The van der Waals surface area contributed by atoms with Gasteiger partial charge in [-0.05, 0) is 51.5 Å². The van der Waals surface area contributed by atoms with Crippen LogP contribution in [0.5, 0.6) is 5.75 Å². The summed E-state index contributed by atoms with van der Waals surface area (Å²) in [6.07, 6.45) is 0.570. The van der Waals surface area contributed by atoms with Crippen molar-refractivity contribution in [3.8, 4) is 5.75 Å². The summed E-state index contributed by atoms with van der Waals surface area (Å²) in [7, 11) is 0. The number of piperazine rings is 1. The molecule has 1 atom stereocenters. The van der Waals surface area contributed by atoms with E-state index >= 15 is 0 Å². The van der Waals surface area contributed by atoms with Crippen LogP contribution in [-0.4, -0.2) is 30.0 Å².